The lowest BCUT2D eigenvalue weighted by Gasteiger charge is -2.06. The van der Waals surface area contributed by atoms with Crippen molar-refractivity contribution in [3.63, 3.8) is 0 Å². The van der Waals surface area contributed by atoms with Crippen LogP contribution in [0.2, 0.25) is 0 Å². The molecule has 0 aliphatic rings. The maximum absolute atomic E-state index is 7.42. The summed E-state index contributed by atoms with van der Waals surface area (Å²) in [6, 6.07) is 12.0. The third-order valence-corrected chi connectivity index (χ3v) is 2.72. The van der Waals surface area contributed by atoms with Crippen molar-refractivity contribution in [1.29, 1.82) is 5.41 Å². The van der Waals surface area contributed by atoms with Gasteiger partial charge in [0.2, 0.25) is 0 Å². The minimum atomic E-state index is 0.0606. The van der Waals surface area contributed by atoms with Gasteiger partial charge in [-0.25, -0.2) is 0 Å². The second kappa shape index (κ2) is 4.37. The van der Waals surface area contributed by atoms with Crippen LogP contribution < -0.4 is 5.73 Å². The molecule has 2 aromatic rings. The SMILES string of the molecule is Cc1ccc(-c2ccc(C(=N)N)c(C)n2)cc1. The van der Waals surface area contributed by atoms with Gasteiger partial charge in [-0.3, -0.25) is 10.4 Å². The zero-order chi connectivity index (χ0) is 12.4. The Morgan fingerprint density at radius 3 is 2.24 bits per heavy atom. The van der Waals surface area contributed by atoms with E-state index in [9.17, 15) is 0 Å². The highest BCUT2D eigenvalue weighted by atomic mass is 14.8. The van der Waals surface area contributed by atoms with Gasteiger partial charge in [0.15, 0.2) is 0 Å². The Bertz CT molecular complexity index is 556. The van der Waals surface area contributed by atoms with Crippen molar-refractivity contribution in [2.45, 2.75) is 13.8 Å². The molecular weight excluding hydrogens is 210 g/mol. The summed E-state index contributed by atoms with van der Waals surface area (Å²) < 4.78 is 0. The van der Waals surface area contributed by atoms with Gasteiger partial charge in [-0.05, 0) is 26.0 Å². The van der Waals surface area contributed by atoms with E-state index < -0.39 is 0 Å². The van der Waals surface area contributed by atoms with Gasteiger partial charge in [0.1, 0.15) is 5.84 Å². The monoisotopic (exact) mass is 225 g/mol. The van der Waals surface area contributed by atoms with Crippen molar-refractivity contribution in [3.8, 4) is 11.3 Å². The van der Waals surface area contributed by atoms with Crippen LogP contribution in [0.3, 0.4) is 0 Å². The van der Waals surface area contributed by atoms with Gasteiger partial charge in [-0.15, -0.1) is 0 Å². The highest BCUT2D eigenvalue weighted by Crippen LogP contribution is 2.19. The van der Waals surface area contributed by atoms with Gasteiger partial charge in [0, 0.05) is 16.8 Å². The zero-order valence-electron chi connectivity index (χ0n) is 9.99. The number of aryl methyl sites for hydroxylation is 2. The van der Waals surface area contributed by atoms with E-state index in [1.165, 1.54) is 5.56 Å². The van der Waals surface area contributed by atoms with Gasteiger partial charge >= 0.3 is 0 Å². The van der Waals surface area contributed by atoms with Crippen LogP contribution in [0.5, 0.6) is 0 Å². The van der Waals surface area contributed by atoms with E-state index in [1.54, 1.807) is 0 Å². The van der Waals surface area contributed by atoms with E-state index in [4.69, 9.17) is 11.1 Å². The molecule has 1 aromatic heterocycles. The molecule has 0 bridgehead atoms. The summed E-state index contributed by atoms with van der Waals surface area (Å²) in [6.07, 6.45) is 0. The van der Waals surface area contributed by atoms with Crippen LogP contribution in [-0.2, 0) is 0 Å². The molecule has 0 saturated carbocycles. The molecule has 86 valence electrons. The first-order valence-electron chi connectivity index (χ1n) is 5.47. The molecule has 0 atom stereocenters. The second-order valence-corrected chi connectivity index (χ2v) is 4.11. The van der Waals surface area contributed by atoms with Crippen LogP contribution in [0.1, 0.15) is 16.8 Å². The first-order chi connectivity index (χ1) is 8.08. The molecule has 0 saturated heterocycles. The summed E-state index contributed by atoms with van der Waals surface area (Å²) in [4.78, 5) is 4.47. The van der Waals surface area contributed by atoms with Crippen LogP contribution in [0.4, 0.5) is 0 Å². The summed E-state index contributed by atoms with van der Waals surface area (Å²) in [5, 5.41) is 7.42. The lowest BCUT2D eigenvalue weighted by atomic mass is 10.1. The predicted molar refractivity (Wildman–Crippen MR) is 70.2 cm³/mol. The molecule has 0 aliphatic carbocycles. The van der Waals surface area contributed by atoms with Crippen molar-refractivity contribution in [2.75, 3.05) is 0 Å². The van der Waals surface area contributed by atoms with E-state index in [1.807, 2.05) is 31.2 Å². The van der Waals surface area contributed by atoms with Gasteiger partial charge in [-0.1, -0.05) is 29.8 Å². The second-order valence-electron chi connectivity index (χ2n) is 4.11. The molecule has 0 radical (unpaired) electrons. The molecular formula is C14H15N3. The van der Waals surface area contributed by atoms with E-state index >= 15 is 0 Å². The average Bonchev–Trinajstić information content (AvgIpc) is 2.29. The van der Waals surface area contributed by atoms with Crippen LogP contribution in [0.25, 0.3) is 11.3 Å². The summed E-state index contributed by atoms with van der Waals surface area (Å²) in [5.41, 5.74) is 10.2. The first kappa shape index (κ1) is 11.3. The Labute approximate surface area is 101 Å². The lowest BCUT2D eigenvalue weighted by Crippen LogP contribution is -2.13. The number of benzene rings is 1. The van der Waals surface area contributed by atoms with Gasteiger partial charge < -0.3 is 5.73 Å². The number of aromatic nitrogens is 1. The molecule has 0 unspecified atom stereocenters. The summed E-state index contributed by atoms with van der Waals surface area (Å²) in [6.45, 7) is 3.93. The Hall–Kier alpha value is -2.16. The number of nitrogens with zero attached hydrogens (tertiary/aromatic N) is 1. The molecule has 1 heterocycles. The largest absolute Gasteiger partial charge is 0.384 e. The summed E-state index contributed by atoms with van der Waals surface area (Å²) in [5.74, 6) is 0.0606. The first-order valence-corrected chi connectivity index (χ1v) is 5.47. The molecule has 2 rings (SSSR count). The van der Waals surface area contributed by atoms with Gasteiger partial charge in [0.25, 0.3) is 0 Å². The Kier molecular flexibility index (Phi) is 2.91. The number of hydrogen-bond donors (Lipinski definition) is 2. The summed E-state index contributed by atoms with van der Waals surface area (Å²) in [7, 11) is 0. The standard InChI is InChI=1S/C14H15N3/c1-9-3-5-11(6-4-9)13-8-7-12(14(15)16)10(2)17-13/h3-8H,1-2H3,(H3,15,16). The molecule has 0 amide bonds. The molecule has 0 aliphatic heterocycles. The topological polar surface area (TPSA) is 62.8 Å². The maximum atomic E-state index is 7.42. The molecule has 17 heavy (non-hydrogen) atoms. The number of hydrogen-bond acceptors (Lipinski definition) is 2. The third kappa shape index (κ3) is 2.33. The fraction of sp³-hybridized carbons (Fsp3) is 0.143. The Morgan fingerprint density at radius 2 is 1.71 bits per heavy atom. The molecule has 0 fully saturated rings. The van der Waals surface area contributed by atoms with Gasteiger partial charge in [-0.2, -0.15) is 0 Å². The van der Waals surface area contributed by atoms with Crippen molar-refractivity contribution in [1.82, 2.24) is 4.98 Å². The highest BCUT2D eigenvalue weighted by molar-refractivity contribution is 5.96. The normalized spacial score (nSPS) is 10.2. The number of pyridine rings is 1. The smallest absolute Gasteiger partial charge is 0.124 e. The number of nitrogens with two attached hydrogens (primary N) is 1. The van der Waals surface area contributed by atoms with E-state index in [-0.39, 0.29) is 5.84 Å². The van der Waals surface area contributed by atoms with Crippen molar-refractivity contribution in [2.24, 2.45) is 5.73 Å². The minimum Gasteiger partial charge on any atom is -0.384 e. The zero-order valence-corrected chi connectivity index (χ0v) is 9.99. The lowest BCUT2D eigenvalue weighted by molar-refractivity contribution is 1.18. The van der Waals surface area contributed by atoms with Crippen molar-refractivity contribution in [3.05, 3.63) is 53.2 Å². The molecule has 1 aromatic carbocycles. The number of nitrogens with one attached hydrogen (secondary N) is 1. The fourth-order valence-electron chi connectivity index (χ4n) is 1.73. The quantitative estimate of drug-likeness (QED) is 0.609. The highest BCUT2D eigenvalue weighted by Gasteiger charge is 2.05. The van der Waals surface area contributed by atoms with Crippen LogP contribution >= 0.6 is 0 Å². The van der Waals surface area contributed by atoms with Crippen LogP contribution in [0, 0.1) is 19.3 Å². The third-order valence-electron chi connectivity index (χ3n) is 2.72. The average molecular weight is 225 g/mol. The minimum absolute atomic E-state index is 0.0606. The van der Waals surface area contributed by atoms with E-state index in [0.29, 0.717) is 5.56 Å². The molecule has 3 heteroatoms. The van der Waals surface area contributed by atoms with Crippen LogP contribution in [0.15, 0.2) is 36.4 Å². The van der Waals surface area contributed by atoms with Crippen LogP contribution in [-0.4, -0.2) is 10.8 Å². The summed E-state index contributed by atoms with van der Waals surface area (Å²) >= 11 is 0. The van der Waals surface area contributed by atoms with Crippen molar-refractivity contribution < 1.29 is 0 Å². The van der Waals surface area contributed by atoms with Gasteiger partial charge in [0.05, 0.1) is 5.69 Å². The predicted octanol–water partition coefficient (Wildman–Crippen LogP) is 2.65. The molecule has 0 spiro atoms. The van der Waals surface area contributed by atoms with Crippen molar-refractivity contribution >= 4 is 5.84 Å². The number of rotatable bonds is 2. The number of amidine groups is 1. The maximum Gasteiger partial charge on any atom is 0.124 e. The molecule has 3 N–H and O–H groups in total. The molecule has 3 nitrogen and oxygen atoms in total. The number of nitrogen functional groups attached to an aromatic ring is 1. The Morgan fingerprint density at radius 1 is 1.06 bits per heavy atom. The fourth-order valence-corrected chi connectivity index (χ4v) is 1.73. The Balaban J connectivity index is 2.44. The van der Waals surface area contributed by atoms with E-state index in [2.05, 4.69) is 24.0 Å². The van der Waals surface area contributed by atoms with E-state index in [0.717, 1.165) is 17.0 Å².